The van der Waals surface area contributed by atoms with Crippen LogP contribution < -0.4 is 10.2 Å². The van der Waals surface area contributed by atoms with Crippen LogP contribution in [-0.2, 0) is 11.3 Å². The van der Waals surface area contributed by atoms with Crippen molar-refractivity contribution in [2.75, 3.05) is 38.3 Å². The summed E-state index contributed by atoms with van der Waals surface area (Å²) in [5, 5.41) is 4.38. The van der Waals surface area contributed by atoms with Crippen LogP contribution in [0.25, 0.3) is 0 Å². The van der Waals surface area contributed by atoms with Gasteiger partial charge in [0.1, 0.15) is 0 Å². The van der Waals surface area contributed by atoms with Crippen LogP contribution in [0.1, 0.15) is 30.3 Å². The monoisotopic (exact) mass is 255 g/mol. The van der Waals surface area contributed by atoms with Crippen LogP contribution in [0.4, 0.5) is 5.13 Å². The lowest BCUT2D eigenvalue weighted by Crippen LogP contribution is -2.36. The molecule has 1 fully saturated rings. The van der Waals surface area contributed by atoms with E-state index in [0.717, 1.165) is 38.0 Å². The van der Waals surface area contributed by atoms with E-state index in [1.54, 1.807) is 0 Å². The maximum Gasteiger partial charge on any atom is 0.185 e. The Morgan fingerprint density at radius 1 is 1.41 bits per heavy atom. The third-order valence-corrected chi connectivity index (χ3v) is 4.01. The zero-order chi connectivity index (χ0) is 12.3. The standard InChI is InChI=1S/C12H21N3OS/c1-9(2)11-10(8-13-3)17-12(14-11)15-4-6-16-7-5-15/h9,13H,4-8H2,1-3H3. The molecule has 1 aromatic heterocycles. The maximum atomic E-state index is 5.38. The first-order valence-electron chi connectivity index (χ1n) is 6.19. The van der Waals surface area contributed by atoms with Crippen LogP contribution in [0.2, 0.25) is 0 Å². The zero-order valence-corrected chi connectivity index (χ0v) is 11.6. The summed E-state index contributed by atoms with van der Waals surface area (Å²) in [6, 6.07) is 0. The predicted molar refractivity (Wildman–Crippen MR) is 72.0 cm³/mol. The van der Waals surface area contributed by atoms with E-state index in [9.17, 15) is 0 Å². The number of nitrogens with one attached hydrogen (secondary N) is 1. The van der Waals surface area contributed by atoms with Gasteiger partial charge < -0.3 is 15.0 Å². The zero-order valence-electron chi connectivity index (χ0n) is 10.8. The van der Waals surface area contributed by atoms with Crippen molar-refractivity contribution in [3.05, 3.63) is 10.6 Å². The molecule has 1 aliphatic rings. The van der Waals surface area contributed by atoms with Crippen molar-refractivity contribution < 1.29 is 4.74 Å². The molecule has 2 rings (SSSR count). The molecule has 0 aromatic carbocycles. The van der Waals surface area contributed by atoms with Gasteiger partial charge in [-0.2, -0.15) is 0 Å². The number of aromatic nitrogens is 1. The highest BCUT2D eigenvalue weighted by molar-refractivity contribution is 7.15. The van der Waals surface area contributed by atoms with Crippen molar-refractivity contribution in [1.29, 1.82) is 0 Å². The SMILES string of the molecule is CNCc1sc(N2CCOCC2)nc1C(C)C. The van der Waals surface area contributed by atoms with Gasteiger partial charge in [-0.3, -0.25) is 0 Å². The molecule has 1 N–H and O–H groups in total. The van der Waals surface area contributed by atoms with Crippen LogP contribution >= 0.6 is 11.3 Å². The highest BCUT2D eigenvalue weighted by Crippen LogP contribution is 2.31. The molecule has 1 aromatic rings. The largest absolute Gasteiger partial charge is 0.378 e. The molecule has 0 radical (unpaired) electrons. The number of hydrogen-bond donors (Lipinski definition) is 1. The second kappa shape index (κ2) is 5.80. The lowest BCUT2D eigenvalue weighted by molar-refractivity contribution is 0.122. The average molecular weight is 255 g/mol. The average Bonchev–Trinajstić information content (AvgIpc) is 2.75. The summed E-state index contributed by atoms with van der Waals surface area (Å²) < 4.78 is 5.38. The maximum absolute atomic E-state index is 5.38. The third kappa shape index (κ3) is 2.97. The summed E-state index contributed by atoms with van der Waals surface area (Å²) in [6.45, 7) is 8.88. The Labute approximate surface area is 107 Å². The lowest BCUT2D eigenvalue weighted by atomic mass is 10.1. The van der Waals surface area contributed by atoms with Crippen molar-refractivity contribution in [3.8, 4) is 0 Å². The van der Waals surface area contributed by atoms with Gasteiger partial charge in [0, 0.05) is 24.5 Å². The number of hydrogen-bond acceptors (Lipinski definition) is 5. The van der Waals surface area contributed by atoms with Crippen molar-refractivity contribution in [3.63, 3.8) is 0 Å². The highest BCUT2D eigenvalue weighted by Gasteiger charge is 2.19. The molecule has 2 heterocycles. The summed E-state index contributed by atoms with van der Waals surface area (Å²) in [4.78, 5) is 8.50. The number of ether oxygens (including phenoxy) is 1. The summed E-state index contributed by atoms with van der Waals surface area (Å²) >= 11 is 1.82. The molecule has 96 valence electrons. The van der Waals surface area contributed by atoms with Crippen molar-refractivity contribution in [2.45, 2.75) is 26.3 Å². The Morgan fingerprint density at radius 2 is 2.12 bits per heavy atom. The molecule has 0 spiro atoms. The van der Waals surface area contributed by atoms with E-state index < -0.39 is 0 Å². The first-order valence-corrected chi connectivity index (χ1v) is 7.01. The summed E-state index contributed by atoms with van der Waals surface area (Å²) in [5.74, 6) is 0.490. The smallest absolute Gasteiger partial charge is 0.185 e. The van der Waals surface area contributed by atoms with Gasteiger partial charge in [0.25, 0.3) is 0 Å². The van der Waals surface area contributed by atoms with Gasteiger partial charge in [0.15, 0.2) is 5.13 Å². The predicted octanol–water partition coefficient (Wildman–Crippen LogP) is 1.82. The molecule has 1 aliphatic heterocycles. The number of anilines is 1. The molecule has 0 saturated carbocycles. The Hall–Kier alpha value is -0.650. The number of thiazole rings is 1. The van der Waals surface area contributed by atoms with Crippen LogP contribution in [0.15, 0.2) is 0 Å². The molecule has 0 amide bonds. The van der Waals surface area contributed by atoms with Crippen LogP contribution in [0.3, 0.4) is 0 Å². The Balaban J connectivity index is 2.19. The Bertz CT molecular complexity index is 359. The van der Waals surface area contributed by atoms with Crippen LogP contribution in [0, 0.1) is 0 Å². The molecule has 0 bridgehead atoms. The first-order chi connectivity index (χ1) is 8.22. The number of morpholine rings is 1. The summed E-state index contributed by atoms with van der Waals surface area (Å²) in [5.41, 5.74) is 1.24. The van der Waals surface area contributed by atoms with E-state index in [4.69, 9.17) is 9.72 Å². The summed E-state index contributed by atoms with van der Waals surface area (Å²) in [6.07, 6.45) is 0. The van der Waals surface area contributed by atoms with Gasteiger partial charge in [-0.25, -0.2) is 4.98 Å². The van der Waals surface area contributed by atoms with E-state index in [1.807, 2.05) is 18.4 Å². The minimum atomic E-state index is 0.490. The number of nitrogens with zero attached hydrogens (tertiary/aromatic N) is 2. The fraction of sp³-hybridized carbons (Fsp3) is 0.750. The second-order valence-electron chi connectivity index (χ2n) is 4.59. The second-order valence-corrected chi connectivity index (χ2v) is 5.65. The van der Waals surface area contributed by atoms with E-state index in [0.29, 0.717) is 5.92 Å². The van der Waals surface area contributed by atoms with Crippen LogP contribution in [0.5, 0.6) is 0 Å². The van der Waals surface area contributed by atoms with E-state index in [2.05, 4.69) is 24.1 Å². The van der Waals surface area contributed by atoms with E-state index in [1.165, 1.54) is 10.6 Å². The van der Waals surface area contributed by atoms with Gasteiger partial charge in [0.2, 0.25) is 0 Å². The minimum Gasteiger partial charge on any atom is -0.378 e. The van der Waals surface area contributed by atoms with Gasteiger partial charge in [-0.1, -0.05) is 13.8 Å². The van der Waals surface area contributed by atoms with E-state index in [-0.39, 0.29) is 0 Å². The molecule has 0 atom stereocenters. The quantitative estimate of drug-likeness (QED) is 0.890. The third-order valence-electron chi connectivity index (χ3n) is 2.88. The first kappa shape index (κ1) is 12.8. The van der Waals surface area contributed by atoms with Crippen molar-refractivity contribution in [1.82, 2.24) is 10.3 Å². The molecule has 1 saturated heterocycles. The van der Waals surface area contributed by atoms with Crippen LogP contribution in [-0.4, -0.2) is 38.3 Å². The van der Waals surface area contributed by atoms with Gasteiger partial charge in [-0.15, -0.1) is 11.3 Å². The molecular weight excluding hydrogens is 234 g/mol. The molecule has 4 nitrogen and oxygen atoms in total. The molecule has 0 aliphatic carbocycles. The summed E-state index contributed by atoms with van der Waals surface area (Å²) in [7, 11) is 1.98. The normalized spacial score (nSPS) is 16.8. The van der Waals surface area contributed by atoms with Gasteiger partial charge >= 0.3 is 0 Å². The fourth-order valence-corrected chi connectivity index (χ4v) is 3.26. The number of rotatable bonds is 4. The van der Waals surface area contributed by atoms with Gasteiger partial charge in [-0.05, 0) is 13.0 Å². The Kier molecular flexibility index (Phi) is 4.36. The van der Waals surface area contributed by atoms with Crippen molar-refractivity contribution >= 4 is 16.5 Å². The molecule has 5 heteroatoms. The van der Waals surface area contributed by atoms with Gasteiger partial charge in [0.05, 0.1) is 18.9 Å². The molecule has 17 heavy (non-hydrogen) atoms. The molecular formula is C12H21N3OS. The molecule has 0 unspecified atom stereocenters. The fourth-order valence-electron chi connectivity index (χ4n) is 1.98. The minimum absolute atomic E-state index is 0.490. The topological polar surface area (TPSA) is 37.4 Å². The lowest BCUT2D eigenvalue weighted by Gasteiger charge is -2.26. The van der Waals surface area contributed by atoms with E-state index >= 15 is 0 Å². The Morgan fingerprint density at radius 3 is 2.71 bits per heavy atom. The highest BCUT2D eigenvalue weighted by atomic mass is 32.1. The van der Waals surface area contributed by atoms with Crippen molar-refractivity contribution in [2.24, 2.45) is 0 Å².